The van der Waals surface area contributed by atoms with Crippen molar-refractivity contribution in [1.82, 2.24) is 0 Å². The van der Waals surface area contributed by atoms with Crippen LogP contribution in [0, 0.1) is 13.8 Å². The van der Waals surface area contributed by atoms with Crippen LogP contribution in [0.4, 0.5) is 0 Å². The van der Waals surface area contributed by atoms with Crippen LogP contribution in [0.5, 0.6) is 5.75 Å². The number of alkyl halides is 1. The van der Waals surface area contributed by atoms with Gasteiger partial charge in [0.1, 0.15) is 12.4 Å². The average molecular weight is 295 g/mol. The number of ether oxygens (including phenoxy) is 1. The third kappa shape index (κ3) is 3.43. The zero-order chi connectivity index (χ0) is 13.8. The smallest absolute Gasteiger partial charge is 0.127 e. The molecule has 19 heavy (non-hydrogen) atoms. The van der Waals surface area contributed by atoms with E-state index in [4.69, 9.17) is 27.9 Å². The van der Waals surface area contributed by atoms with Gasteiger partial charge in [-0.2, -0.15) is 0 Å². The monoisotopic (exact) mass is 294 g/mol. The second kappa shape index (κ2) is 6.31. The summed E-state index contributed by atoms with van der Waals surface area (Å²) >= 11 is 12.1. The van der Waals surface area contributed by atoms with Crippen molar-refractivity contribution in [2.24, 2.45) is 0 Å². The van der Waals surface area contributed by atoms with E-state index in [0.717, 1.165) is 33.0 Å². The van der Waals surface area contributed by atoms with E-state index < -0.39 is 0 Å². The van der Waals surface area contributed by atoms with Crippen LogP contribution in [-0.4, -0.2) is 0 Å². The molecule has 2 rings (SSSR count). The lowest BCUT2D eigenvalue weighted by atomic mass is 10.1. The Kier molecular flexibility index (Phi) is 4.73. The van der Waals surface area contributed by atoms with Crippen LogP contribution in [-0.2, 0) is 12.5 Å². The maximum Gasteiger partial charge on any atom is 0.127 e. The molecule has 0 bridgehead atoms. The molecule has 0 atom stereocenters. The van der Waals surface area contributed by atoms with Crippen LogP contribution in [0.25, 0.3) is 0 Å². The zero-order valence-corrected chi connectivity index (χ0v) is 12.6. The number of halogens is 2. The van der Waals surface area contributed by atoms with Crippen molar-refractivity contribution >= 4 is 23.2 Å². The normalized spacial score (nSPS) is 10.5. The molecule has 0 amide bonds. The van der Waals surface area contributed by atoms with Gasteiger partial charge in [-0.05, 0) is 31.0 Å². The molecule has 1 nitrogen and oxygen atoms in total. The molecule has 100 valence electrons. The minimum absolute atomic E-state index is 0.443. The van der Waals surface area contributed by atoms with Crippen molar-refractivity contribution in [1.29, 1.82) is 0 Å². The number of benzene rings is 2. The highest BCUT2D eigenvalue weighted by Crippen LogP contribution is 2.27. The van der Waals surface area contributed by atoms with Gasteiger partial charge in [0.25, 0.3) is 0 Å². The fourth-order valence-corrected chi connectivity index (χ4v) is 2.44. The van der Waals surface area contributed by atoms with Crippen molar-refractivity contribution in [2.75, 3.05) is 0 Å². The lowest BCUT2D eigenvalue weighted by molar-refractivity contribution is 0.302. The topological polar surface area (TPSA) is 9.23 Å². The molecule has 0 aromatic heterocycles. The quantitative estimate of drug-likeness (QED) is 0.698. The first-order valence-electron chi connectivity index (χ1n) is 6.14. The van der Waals surface area contributed by atoms with Crippen LogP contribution < -0.4 is 4.74 Å². The van der Waals surface area contributed by atoms with Gasteiger partial charge in [-0.1, -0.05) is 41.9 Å². The molecule has 0 aliphatic rings. The van der Waals surface area contributed by atoms with Crippen molar-refractivity contribution in [3.8, 4) is 5.75 Å². The standard InChI is InChI=1S/C16H16Cl2O/c1-11-6-7-14(15(18)8-11)10-19-16-12(2)4-3-5-13(16)9-17/h3-8H,9-10H2,1-2H3. The first-order valence-corrected chi connectivity index (χ1v) is 7.05. The minimum atomic E-state index is 0.443. The molecule has 0 aliphatic carbocycles. The van der Waals surface area contributed by atoms with Crippen LogP contribution in [0.3, 0.4) is 0 Å². The van der Waals surface area contributed by atoms with E-state index in [1.807, 2.05) is 50.2 Å². The average Bonchev–Trinajstić information content (AvgIpc) is 2.39. The van der Waals surface area contributed by atoms with Crippen LogP contribution >= 0.6 is 23.2 Å². The first-order chi connectivity index (χ1) is 9.11. The molecule has 3 heteroatoms. The van der Waals surface area contributed by atoms with Gasteiger partial charge < -0.3 is 4.74 Å². The third-order valence-electron chi connectivity index (χ3n) is 3.02. The predicted octanol–water partition coefficient (Wildman–Crippen LogP) is 5.27. The predicted molar refractivity (Wildman–Crippen MR) is 81.3 cm³/mol. The summed E-state index contributed by atoms with van der Waals surface area (Å²) in [4.78, 5) is 0. The fourth-order valence-electron chi connectivity index (χ4n) is 1.94. The highest BCUT2D eigenvalue weighted by Gasteiger charge is 2.08. The Morgan fingerprint density at radius 3 is 2.53 bits per heavy atom. The van der Waals surface area contributed by atoms with Crippen molar-refractivity contribution in [3.63, 3.8) is 0 Å². The van der Waals surface area contributed by atoms with Gasteiger partial charge in [0.05, 0.1) is 5.88 Å². The summed E-state index contributed by atoms with van der Waals surface area (Å²) in [6.07, 6.45) is 0. The third-order valence-corrected chi connectivity index (χ3v) is 3.66. The minimum Gasteiger partial charge on any atom is -0.488 e. The molecule has 0 spiro atoms. The number of aryl methyl sites for hydroxylation is 2. The molecule has 0 fully saturated rings. The maximum atomic E-state index is 6.20. The Bertz CT molecular complexity index is 579. The molecule has 0 radical (unpaired) electrons. The SMILES string of the molecule is Cc1ccc(COc2c(C)cccc2CCl)c(Cl)c1. The van der Waals surface area contributed by atoms with Gasteiger partial charge in [-0.25, -0.2) is 0 Å². The second-order valence-corrected chi connectivity index (χ2v) is 5.25. The van der Waals surface area contributed by atoms with E-state index >= 15 is 0 Å². The summed E-state index contributed by atoms with van der Waals surface area (Å²) in [6.45, 7) is 4.49. The largest absolute Gasteiger partial charge is 0.488 e. The van der Waals surface area contributed by atoms with Gasteiger partial charge in [-0.15, -0.1) is 11.6 Å². The number of hydrogen-bond donors (Lipinski definition) is 0. The van der Waals surface area contributed by atoms with Gasteiger partial charge in [0, 0.05) is 16.1 Å². The molecule has 2 aromatic rings. The van der Waals surface area contributed by atoms with Crippen LogP contribution in [0.2, 0.25) is 5.02 Å². The second-order valence-electron chi connectivity index (χ2n) is 4.58. The van der Waals surface area contributed by atoms with Crippen LogP contribution in [0.15, 0.2) is 36.4 Å². The molecular weight excluding hydrogens is 279 g/mol. The molecule has 0 N–H and O–H groups in total. The molecule has 2 aromatic carbocycles. The Labute approximate surface area is 124 Å². The molecule has 0 saturated carbocycles. The maximum absolute atomic E-state index is 6.20. The summed E-state index contributed by atoms with van der Waals surface area (Å²) in [7, 11) is 0. The van der Waals surface area contributed by atoms with Gasteiger partial charge in [0.2, 0.25) is 0 Å². The van der Waals surface area contributed by atoms with E-state index in [0.29, 0.717) is 12.5 Å². The van der Waals surface area contributed by atoms with Gasteiger partial charge >= 0.3 is 0 Å². The lowest BCUT2D eigenvalue weighted by Gasteiger charge is -2.13. The zero-order valence-electron chi connectivity index (χ0n) is 11.0. The Morgan fingerprint density at radius 2 is 1.84 bits per heavy atom. The van der Waals surface area contributed by atoms with E-state index in [9.17, 15) is 0 Å². The highest BCUT2D eigenvalue weighted by molar-refractivity contribution is 6.31. The summed E-state index contributed by atoms with van der Waals surface area (Å²) in [5.74, 6) is 1.30. The van der Waals surface area contributed by atoms with E-state index in [1.54, 1.807) is 0 Å². The van der Waals surface area contributed by atoms with Gasteiger partial charge in [0.15, 0.2) is 0 Å². The summed E-state index contributed by atoms with van der Waals surface area (Å²) in [5.41, 5.74) is 4.22. The molecule has 0 saturated heterocycles. The fraction of sp³-hybridized carbons (Fsp3) is 0.250. The van der Waals surface area contributed by atoms with Crippen molar-refractivity contribution in [3.05, 3.63) is 63.7 Å². The Balaban J connectivity index is 2.19. The summed E-state index contributed by atoms with van der Waals surface area (Å²) < 4.78 is 5.90. The van der Waals surface area contributed by atoms with Crippen LogP contribution in [0.1, 0.15) is 22.3 Å². The van der Waals surface area contributed by atoms with Crippen molar-refractivity contribution in [2.45, 2.75) is 26.3 Å². The van der Waals surface area contributed by atoms with Crippen molar-refractivity contribution < 1.29 is 4.74 Å². The molecule has 0 heterocycles. The summed E-state index contributed by atoms with van der Waals surface area (Å²) in [6, 6.07) is 12.0. The van der Waals surface area contributed by atoms with Gasteiger partial charge in [-0.3, -0.25) is 0 Å². The first kappa shape index (κ1) is 14.2. The Morgan fingerprint density at radius 1 is 1.05 bits per heavy atom. The number of para-hydroxylation sites is 1. The highest BCUT2D eigenvalue weighted by atomic mass is 35.5. The summed E-state index contributed by atoms with van der Waals surface area (Å²) in [5, 5.41) is 0.737. The van der Waals surface area contributed by atoms with E-state index in [2.05, 4.69) is 0 Å². The molecule has 0 aliphatic heterocycles. The van der Waals surface area contributed by atoms with E-state index in [-0.39, 0.29) is 0 Å². The van der Waals surface area contributed by atoms with E-state index in [1.165, 1.54) is 0 Å². The molecule has 0 unspecified atom stereocenters. The number of hydrogen-bond acceptors (Lipinski definition) is 1. The number of rotatable bonds is 4. The molecular formula is C16H16Cl2O. The Hall–Kier alpha value is -1.18. The lowest BCUT2D eigenvalue weighted by Crippen LogP contribution is -2.00.